The van der Waals surface area contributed by atoms with Crippen LogP contribution in [0.3, 0.4) is 0 Å². The quantitative estimate of drug-likeness (QED) is 0.883. The molecule has 4 heteroatoms. The molecule has 0 aliphatic rings. The fraction of sp³-hybridized carbons (Fsp3) is 0.250. The first-order chi connectivity index (χ1) is 7.81. The average Bonchev–Trinajstić information content (AvgIpc) is 2.82. The minimum atomic E-state index is -0.432. The highest BCUT2D eigenvalue weighted by atomic mass is 32.2. The lowest BCUT2D eigenvalue weighted by Gasteiger charge is -2.11. The highest BCUT2D eigenvalue weighted by molar-refractivity contribution is 7.99. The van der Waals surface area contributed by atoms with Crippen molar-refractivity contribution in [2.75, 3.05) is 0 Å². The second-order valence-electron chi connectivity index (χ2n) is 3.36. The van der Waals surface area contributed by atoms with Crippen LogP contribution in [0.2, 0.25) is 0 Å². The van der Waals surface area contributed by atoms with Crippen molar-refractivity contribution in [3.05, 3.63) is 42.3 Å². The molecule has 1 unspecified atom stereocenters. The first-order valence-corrected chi connectivity index (χ1v) is 5.97. The number of aliphatic hydroxyl groups excluding tert-OH is 1. The lowest BCUT2D eigenvalue weighted by atomic mass is 10.1. The summed E-state index contributed by atoms with van der Waals surface area (Å²) in [5.41, 5.74) is 0.924. The molecule has 84 valence electrons. The maximum Gasteiger partial charge on any atom is 0.260 e. The van der Waals surface area contributed by atoms with Gasteiger partial charge in [0.25, 0.3) is 5.22 Å². The molecule has 0 spiro atoms. The van der Waals surface area contributed by atoms with Crippen molar-refractivity contribution in [1.29, 1.82) is 0 Å². The summed E-state index contributed by atoms with van der Waals surface area (Å²) in [5.74, 6) is 0. The fourth-order valence-corrected chi connectivity index (χ4v) is 2.30. The summed E-state index contributed by atoms with van der Waals surface area (Å²) in [6.07, 6.45) is 3.42. The molecule has 1 N–H and O–H groups in total. The highest BCUT2D eigenvalue weighted by Crippen LogP contribution is 2.33. The third-order valence-electron chi connectivity index (χ3n) is 2.27. The van der Waals surface area contributed by atoms with E-state index >= 15 is 0 Å². The number of rotatable bonds is 4. The molecule has 0 saturated heterocycles. The van der Waals surface area contributed by atoms with E-state index in [0.717, 1.165) is 10.5 Å². The second-order valence-corrected chi connectivity index (χ2v) is 4.36. The topological polar surface area (TPSA) is 46.3 Å². The maximum absolute atomic E-state index is 9.87. The Labute approximate surface area is 98.5 Å². The summed E-state index contributed by atoms with van der Waals surface area (Å²) in [6, 6.07) is 7.76. The van der Waals surface area contributed by atoms with Crippen molar-refractivity contribution in [3.63, 3.8) is 0 Å². The Bertz CT molecular complexity index is 442. The SMILES string of the molecule is CCC(O)c1ccccc1Sc1ncco1. The Morgan fingerprint density at radius 3 is 2.94 bits per heavy atom. The van der Waals surface area contributed by atoms with Crippen LogP contribution in [0.4, 0.5) is 0 Å². The lowest BCUT2D eigenvalue weighted by Crippen LogP contribution is -1.96. The molecule has 0 saturated carbocycles. The molecule has 0 aliphatic heterocycles. The van der Waals surface area contributed by atoms with E-state index in [9.17, 15) is 5.11 Å². The number of hydrogen-bond donors (Lipinski definition) is 1. The van der Waals surface area contributed by atoms with Gasteiger partial charge in [0.2, 0.25) is 0 Å². The number of aliphatic hydroxyl groups is 1. The van der Waals surface area contributed by atoms with Crippen LogP contribution in [-0.2, 0) is 0 Å². The Morgan fingerprint density at radius 2 is 2.25 bits per heavy atom. The number of hydrogen-bond acceptors (Lipinski definition) is 4. The molecule has 0 aliphatic carbocycles. The van der Waals surface area contributed by atoms with Gasteiger partial charge in [0, 0.05) is 4.90 Å². The van der Waals surface area contributed by atoms with E-state index in [0.29, 0.717) is 11.6 Å². The summed E-state index contributed by atoms with van der Waals surface area (Å²) < 4.78 is 5.18. The van der Waals surface area contributed by atoms with E-state index < -0.39 is 6.10 Å². The normalized spacial score (nSPS) is 12.6. The van der Waals surface area contributed by atoms with E-state index in [1.165, 1.54) is 11.8 Å². The Kier molecular flexibility index (Phi) is 3.64. The van der Waals surface area contributed by atoms with E-state index in [1.807, 2.05) is 31.2 Å². The monoisotopic (exact) mass is 235 g/mol. The average molecular weight is 235 g/mol. The van der Waals surface area contributed by atoms with Crippen LogP contribution in [0.1, 0.15) is 25.0 Å². The molecule has 16 heavy (non-hydrogen) atoms. The molecule has 1 aromatic heterocycles. The van der Waals surface area contributed by atoms with Crippen LogP contribution < -0.4 is 0 Å². The van der Waals surface area contributed by atoms with Crippen LogP contribution in [0, 0.1) is 0 Å². The number of oxazole rings is 1. The van der Waals surface area contributed by atoms with Crippen LogP contribution in [0.25, 0.3) is 0 Å². The van der Waals surface area contributed by atoms with Crippen LogP contribution >= 0.6 is 11.8 Å². The van der Waals surface area contributed by atoms with E-state index in [1.54, 1.807) is 12.5 Å². The lowest BCUT2D eigenvalue weighted by molar-refractivity contribution is 0.171. The van der Waals surface area contributed by atoms with Gasteiger partial charge in [0.05, 0.1) is 12.3 Å². The minimum absolute atomic E-state index is 0.432. The molecule has 1 heterocycles. The Morgan fingerprint density at radius 1 is 1.44 bits per heavy atom. The Hall–Kier alpha value is -1.26. The Balaban J connectivity index is 2.26. The molecular formula is C12H13NO2S. The third kappa shape index (κ3) is 2.46. The minimum Gasteiger partial charge on any atom is -0.440 e. The molecule has 3 nitrogen and oxygen atoms in total. The standard InChI is InChI=1S/C12H13NO2S/c1-2-10(14)9-5-3-4-6-11(9)16-12-13-7-8-15-12/h3-8,10,14H,2H2,1H3. The van der Waals surface area contributed by atoms with Crippen molar-refractivity contribution in [1.82, 2.24) is 4.98 Å². The zero-order chi connectivity index (χ0) is 11.4. The number of nitrogens with zero attached hydrogens (tertiary/aromatic N) is 1. The van der Waals surface area contributed by atoms with Gasteiger partial charge in [0.15, 0.2) is 0 Å². The molecule has 2 rings (SSSR count). The zero-order valence-corrected chi connectivity index (χ0v) is 9.78. The third-order valence-corrected chi connectivity index (χ3v) is 3.24. The maximum atomic E-state index is 9.87. The van der Waals surface area contributed by atoms with Gasteiger partial charge in [-0.1, -0.05) is 25.1 Å². The van der Waals surface area contributed by atoms with Gasteiger partial charge in [-0.25, -0.2) is 4.98 Å². The molecule has 1 atom stereocenters. The molecule has 0 amide bonds. The van der Waals surface area contributed by atoms with Gasteiger partial charge in [-0.05, 0) is 29.8 Å². The number of aromatic nitrogens is 1. The van der Waals surface area contributed by atoms with Gasteiger partial charge >= 0.3 is 0 Å². The summed E-state index contributed by atoms with van der Waals surface area (Å²) in [6.45, 7) is 1.96. The first-order valence-electron chi connectivity index (χ1n) is 5.15. The first kappa shape index (κ1) is 11.2. The summed E-state index contributed by atoms with van der Waals surface area (Å²) in [4.78, 5) is 5.04. The fourth-order valence-electron chi connectivity index (χ4n) is 1.42. The van der Waals surface area contributed by atoms with Crippen molar-refractivity contribution in [2.45, 2.75) is 29.6 Å². The number of benzene rings is 1. The van der Waals surface area contributed by atoms with E-state index in [4.69, 9.17) is 4.42 Å². The zero-order valence-electron chi connectivity index (χ0n) is 8.96. The van der Waals surface area contributed by atoms with Gasteiger partial charge in [-0.2, -0.15) is 0 Å². The van der Waals surface area contributed by atoms with Crippen LogP contribution in [-0.4, -0.2) is 10.1 Å². The molecular weight excluding hydrogens is 222 g/mol. The predicted octanol–water partition coefficient (Wildman–Crippen LogP) is 3.27. The van der Waals surface area contributed by atoms with Gasteiger partial charge in [-0.15, -0.1) is 0 Å². The van der Waals surface area contributed by atoms with Crippen LogP contribution in [0.15, 0.2) is 51.3 Å². The molecule has 0 radical (unpaired) electrons. The van der Waals surface area contributed by atoms with E-state index in [2.05, 4.69) is 4.98 Å². The smallest absolute Gasteiger partial charge is 0.260 e. The van der Waals surface area contributed by atoms with Crippen molar-refractivity contribution in [2.24, 2.45) is 0 Å². The van der Waals surface area contributed by atoms with Gasteiger partial charge in [-0.3, -0.25) is 0 Å². The summed E-state index contributed by atoms with van der Waals surface area (Å²) in [7, 11) is 0. The largest absolute Gasteiger partial charge is 0.440 e. The highest BCUT2D eigenvalue weighted by Gasteiger charge is 2.12. The molecule has 0 bridgehead atoms. The summed E-state index contributed by atoms with van der Waals surface area (Å²) >= 11 is 1.43. The van der Waals surface area contributed by atoms with Gasteiger partial charge in [0.1, 0.15) is 6.26 Å². The van der Waals surface area contributed by atoms with Gasteiger partial charge < -0.3 is 9.52 Å². The van der Waals surface area contributed by atoms with Crippen molar-refractivity contribution in [3.8, 4) is 0 Å². The molecule has 1 aromatic carbocycles. The summed E-state index contributed by atoms with van der Waals surface area (Å²) in [5, 5.41) is 10.5. The molecule has 2 aromatic rings. The van der Waals surface area contributed by atoms with Crippen LogP contribution in [0.5, 0.6) is 0 Å². The predicted molar refractivity (Wildman–Crippen MR) is 62.3 cm³/mol. The molecule has 0 fully saturated rings. The van der Waals surface area contributed by atoms with Crippen molar-refractivity contribution < 1.29 is 9.52 Å². The van der Waals surface area contributed by atoms with E-state index in [-0.39, 0.29) is 0 Å². The second kappa shape index (κ2) is 5.18. The van der Waals surface area contributed by atoms with Crippen molar-refractivity contribution >= 4 is 11.8 Å².